The minimum Gasteiger partial charge on any atom is -0.453 e. The first kappa shape index (κ1) is 40.3. The molecule has 274 valence electrons. The number of nitrogens with zero attached hydrogens (tertiary/aromatic N) is 1. The van der Waals surface area contributed by atoms with Crippen molar-refractivity contribution in [3.63, 3.8) is 0 Å². The summed E-state index contributed by atoms with van der Waals surface area (Å²) >= 11 is 1.43. The number of alkyl carbamates (subject to hydrolysis) is 1. The molecule has 50 heavy (non-hydrogen) atoms. The average molecular weight is 712 g/mol. The van der Waals surface area contributed by atoms with Gasteiger partial charge in [0, 0.05) is 11.3 Å². The molecule has 5 amide bonds. The van der Waals surface area contributed by atoms with Crippen LogP contribution in [0.5, 0.6) is 0 Å². The van der Waals surface area contributed by atoms with Gasteiger partial charge >= 0.3 is 6.09 Å². The lowest BCUT2D eigenvalue weighted by Gasteiger charge is -2.36. The summed E-state index contributed by atoms with van der Waals surface area (Å²) in [6, 6.07) is 13.3. The van der Waals surface area contributed by atoms with E-state index >= 15 is 0 Å². The highest BCUT2D eigenvalue weighted by atomic mass is 32.2. The lowest BCUT2D eigenvalue weighted by Crippen LogP contribution is -2.62. The normalized spacial score (nSPS) is 18.2. The summed E-state index contributed by atoms with van der Waals surface area (Å²) in [4.78, 5) is 69.0. The van der Waals surface area contributed by atoms with E-state index in [0.29, 0.717) is 12.1 Å². The van der Waals surface area contributed by atoms with Crippen molar-refractivity contribution >= 4 is 41.5 Å². The van der Waals surface area contributed by atoms with Gasteiger partial charge in [-0.05, 0) is 42.2 Å². The predicted molar refractivity (Wildman–Crippen MR) is 194 cm³/mol. The maximum absolute atomic E-state index is 14.1. The number of hydrogen-bond acceptors (Lipinski definition) is 8. The molecule has 2 aromatic carbocycles. The number of carbonyl (C=O) groups is 5. The SMILES string of the molecule is COC(=O)N[C@H](C(=O)N[C@H](C(=O)N[C@@H](Cc1ccccc1)[C@H](O)C(=O)N1CSC(C)(C)[C@H]1C(=O)NCC(C)(C)C)C(C)(C)C)c1ccccc1. The van der Waals surface area contributed by atoms with E-state index in [1.54, 1.807) is 51.1 Å². The third-order valence-electron chi connectivity index (χ3n) is 8.39. The van der Waals surface area contributed by atoms with Gasteiger partial charge in [0.25, 0.3) is 5.91 Å². The zero-order valence-electron chi connectivity index (χ0n) is 30.5. The number of nitrogens with one attached hydrogen (secondary N) is 4. The highest BCUT2D eigenvalue weighted by Gasteiger charge is 2.50. The summed E-state index contributed by atoms with van der Waals surface area (Å²) in [6.07, 6.45) is -2.46. The Morgan fingerprint density at radius 1 is 0.900 bits per heavy atom. The summed E-state index contributed by atoms with van der Waals surface area (Å²) in [5.74, 6) is -2.13. The second-order valence-electron chi connectivity index (χ2n) is 15.4. The molecule has 13 heteroatoms. The fraction of sp³-hybridized carbons (Fsp3) is 0.541. The van der Waals surface area contributed by atoms with Gasteiger partial charge in [-0.15, -0.1) is 11.8 Å². The zero-order chi connectivity index (χ0) is 37.4. The second-order valence-corrected chi connectivity index (χ2v) is 17.0. The number of benzene rings is 2. The number of carbonyl (C=O) groups excluding carboxylic acids is 5. The minimum absolute atomic E-state index is 0.0894. The molecule has 5 atom stereocenters. The Morgan fingerprint density at radius 2 is 1.48 bits per heavy atom. The van der Waals surface area contributed by atoms with Gasteiger partial charge in [-0.1, -0.05) is 102 Å². The smallest absolute Gasteiger partial charge is 0.407 e. The van der Waals surface area contributed by atoms with Crippen LogP contribution in [-0.2, 0) is 30.3 Å². The molecule has 0 saturated carbocycles. The standard InChI is InChI=1S/C37H53N5O7S/c1-35(2,3)21-38-32(46)29-37(7,8)50-22-42(29)33(47)27(43)25(20-23-16-12-10-13-17-23)39-31(45)28(36(4,5)6)41-30(44)26(40-34(48)49-9)24-18-14-11-15-19-24/h10-19,25-29,43H,20-22H2,1-9H3,(H,38,46)(H,39,45)(H,40,48)(H,41,44)/t25-,26-,27-,28+,29+/m0/s1. The lowest BCUT2D eigenvalue weighted by molar-refractivity contribution is -0.148. The van der Waals surface area contributed by atoms with E-state index in [0.717, 1.165) is 5.56 Å². The van der Waals surface area contributed by atoms with Crippen molar-refractivity contribution in [3.05, 3.63) is 71.8 Å². The molecule has 1 heterocycles. The van der Waals surface area contributed by atoms with Crippen molar-refractivity contribution < 1.29 is 33.8 Å². The molecule has 0 spiro atoms. The molecule has 2 aromatic rings. The fourth-order valence-corrected chi connectivity index (χ4v) is 6.74. The van der Waals surface area contributed by atoms with Gasteiger partial charge in [0.1, 0.15) is 18.1 Å². The largest absolute Gasteiger partial charge is 0.453 e. The summed E-state index contributed by atoms with van der Waals surface area (Å²) < 4.78 is 4.10. The third kappa shape index (κ3) is 10.9. The van der Waals surface area contributed by atoms with E-state index in [1.807, 2.05) is 65.0 Å². The number of aliphatic hydroxyl groups excluding tert-OH is 1. The Morgan fingerprint density at radius 3 is 2.02 bits per heavy atom. The Balaban J connectivity index is 1.92. The second kappa shape index (κ2) is 16.7. The quantitative estimate of drug-likeness (QED) is 0.223. The number of thioether (sulfide) groups is 1. The van der Waals surface area contributed by atoms with E-state index in [-0.39, 0.29) is 23.6 Å². The first-order valence-corrected chi connectivity index (χ1v) is 17.7. The Bertz CT molecular complexity index is 1490. The van der Waals surface area contributed by atoms with Crippen LogP contribution in [0.15, 0.2) is 60.7 Å². The summed E-state index contributed by atoms with van der Waals surface area (Å²) in [5.41, 5.74) is 0.201. The number of aliphatic hydroxyl groups is 1. The molecule has 5 N–H and O–H groups in total. The van der Waals surface area contributed by atoms with Crippen LogP contribution >= 0.6 is 11.8 Å². The fourth-order valence-electron chi connectivity index (χ4n) is 5.60. The monoisotopic (exact) mass is 711 g/mol. The van der Waals surface area contributed by atoms with Gasteiger partial charge in [0.15, 0.2) is 6.10 Å². The van der Waals surface area contributed by atoms with Crippen LogP contribution in [0.4, 0.5) is 4.79 Å². The number of methoxy groups -OCH3 is 1. The molecule has 0 unspecified atom stereocenters. The Hall–Kier alpha value is -4.10. The number of rotatable bonds is 12. The van der Waals surface area contributed by atoms with E-state index in [9.17, 15) is 29.1 Å². The van der Waals surface area contributed by atoms with E-state index in [1.165, 1.54) is 23.8 Å². The Labute approximate surface area is 299 Å². The third-order valence-corrected chi connectivity index (χ3v) is 9.76. The molecule has 1 aliphatic rings. The zero-order valence-corrected chi connectivity index (χ0v) is 31.4. The molecule has 0 bridgehead atoms. The molecule has 1 saturated heterocycles. The topological polar surface area (TPSA) is 166 Å². The van der Waals surface area contributed by atoms with Crippen molar-refractivity contribution in [1.29, 1.82) is 0 Å². The first-order chi connectivity index (χ1) is 23.2. The van der Waals surface area contributed by atoms with Crippen LogP contribution in [0, 0.1) is 10.8 Å². The molecular weight excluding hydrogens is 659 g/mol. The highest BCUT2D eigenvalue weighted by Crippen LogP contribution is 2.40. The van der Waals surface area contributed by atoms with Crippen LogP contribution in [0.3, 0.4) is 0 Å². The lowest BCUT2D eigenvalue weighted by atomic mass is 9.85. The van der Waals surface area contributed by atoms with E-state index < -0.39 is 64.2 Å². The van der Waals surface area contributed by atoms with E-state index in [4.69, 9.17) is 4.74 Å². The van der Waals surface area contributed by atoms with Crippen molar-refractivity contribution in [1.82, 2.24) is 26.2 Å². The van der Waals surface area contributed by atoms with Crippen LogP contribution < -0.4 is 21.3 Å². The van der Waals surface area contributed by atoms with Gasteiger partial charge < -0.3 is 36.0 Å². The number of ether oxygens (including phenoxy) is 1. The summed E-state index contributed by atoms with van der Waals surface area (Å²) in [5, 5.41) is 22.8. The summed E-state index contributed by atoms with van der Waals surface area (Å²) in [7, 11) is 1.18. The molecule has 1 fully saturated rings. The molecule has 12 nitrogen and oxygen atoms in total. The van der Waals surface area contributed by atoms with Gasteiger partial charge in [-0.25, -0.2) is 4.79 Å². The van der Waals surface area contributed by atoms with Crippen molar-refractivity contribution in [2.75, 3.05) is 19.5 Å². The molecular formula is C37H53N5O7S. The Kier molecular flexibility index (Phi) is 13.5. The minimum atomic E-state index is -1.72. The van der Waals surface area contributed by atoms with Crippen molar-refractivity contribution in [3.8, 4) is 0 Å². The van der Waals surface area contributed by atoms with E-state index in [2.05, 4.69) is 21.3 Å². The molecule has 3 rings (SSSR count). The maximum Gasteiger partial charge on any atom is 0.407 e. The number of hydrogen-bond donors (Lipinski definition) is 5. The number of amides is 5. The maximum atomic E-state index is 14.1. The molecule has 0 aromatic heterocycles. The van der Waals surface area contributed by atoms with Gasteiger partial charge in [-0.2, -0.15) is 0 Å². The first-order valence-electron chi connectivity index (χ1n) is 16.7. The molecule has 0 radical (unpaired) electrons. The van der Waals surface area contributed by atoms with Crippen molar-refractivity contribution in [2.24, 2.45) is 10.8 Å². The average Bonchev–Trinajstić information content (AvgIpc) is 3.38. The molecule has 0 aliphatic carbocycles. The highest BCUT2D eigenvalue weighted by molar-refractivity contribution is 8.00. The predicted octanol–water partition coefficient (Wildman–Crippen LogP) is 3.55. The van der Waals surface area contributed by atoms with Crippen LogP contribution in [-0.4, -0.2) is 88.2 Å². The summed E-state index contributed by atoms with van der Waals surface area (Å²) in [6.45, 7) is 15.5. The molecule has 1 aliphatic heterocycles. The van der Waals surface area contributed by atoms with Crippen LogP contribution in [0.1, 0.15) is 72.6 Å². The van der Waals surface area contributed by atoms with Crippen LogP contribution in [0.25, 0.3) is 0 Å². The van der Waals surface area contributed by atoms with Gasteiger partial charge in [0.2, 0.25) is 17.7 Å². The van der Waals surface area contributed by atoms with Crippen LogP contribution in [0.2, 0.25) is 0 Å². The van der Waals surface area contributed by atoms with Gasteiger partial charge in [-0.3, -0.25) is 19.2 Å². The van der Waals surface area contributed by atoms with Gasteiger partial charge in [0.05, 0.1) is 19.0 Å². The van der Waals surface area contributed by atoms with Crippen molar-refractivity contribution in [2.45, 2.75) is 96.8 Å².